The van der Waals surface area contributed by atoms with E-state index in [2.05, 4.69) is 0 Å². The van der Waals surface area contributed by atoms with Gasteiger partial charge in [0.25, 0.3) is 0 Å². The zero-order chi connectivity index (χ0) is 17.3. The molecule has 1 saturated heterocycles. The van der Waals surface area contributed by atoms with Crippen molar-refractivity contribution in [2.24, 2.45) is 0 Å². The third-order valence-electron chi connectivity index (χ3n) is 4.46. The molecular weight excluding hydrogens is 322 g/mol. The summed E-state index contributed by atoms with van der Waals surface area (Å²) >= 11 is 0. The number of benzene rings is 2. The molecule has 2 aromatic rings. The molecule has 24 heavy (non-hydrogen) atoms. The summed E-state index contributed by atoms with van der Waals surface area (Å²) in [6, 6.07) is 15.1. The highest BCUT2D eigenvalue weighted by Crippen LogP contribution is 2.30. The van der Waals surface area contributed by atoms with Crippen LogP contribution in [0.25, 0.3) is 0 Å². The molecule has 0 spiro atoms. The summed E-state index contributed by atoms with van der Waals surface area (Å²) in [5.74, 6) is 0. The van der Waals surface area contributed by atoms with Crippen molar-refractivity contribution in [3.05, 3.63) is 65.2 Å². The molecule has 0 radical (unpaired) electrons. The monoisotopic (exact) mass is 345 g/mol. The minimum Gasteiger partial charge on any atom is -0.370 e. The van der Waals surface area contributed by atoms with Crippen LogP contribution in [-0.2, 0) is 14.8 Å². The normalized spacial score (nSPS) is 22.5. The first kappa shape index (κ1) is 17.1. The molecule has 0 saturated carbocycles. The molecule has 0 amide bonds. The third kappa shape index (κ3) is 3.24. The highest BCUT2D eigenvalue weighted by Gasteiger charge is 2.36. The van der Waals surface area contributed by atoms with Crippen molar-refractivity contribution in [1.29, 1.82) is 0 Å². The maximum absolute atomic E-state index is 13.2. The first-order valence-corrected chi connectivity index (χ1v) is 9.59. The summed E-state index contributed by atoms with van der Waals surface area (Å²) in [6.45, 7) is 6.43. The molecule has 3 rings (SSSR count). The molecule has 128 valence electrons. The Morgan fingerprint density at radius 1 is 1.08 bits per heavy atom. The number of morpholine rings is 1. The first-order valence-electron chi connectivity index (χ1n) is 8.15. The summed E-state index contributed by atoms with van der Waals surface area (Å²) < 4.78 is 33.8. The van der Waals surface area contributed by atoms with E-state index in [1.165, 1.54) is 0 Å². The van der Waals surface area contributed by atoms with Gasteiger partial charge in [0.15, 0.2) is 0 Å². The Bertz CT molecular complexity index is 818. The fourth-order valence-electron chi connectivity index (χ4n) is 3.15. The number of hydrogen-bond acceptors (Lipinski definition) is 3. The van der Waals surface area contributed by atoms with E-state index >= 15 is 0 Å². The van der Waals surface area contributed by atoms with Crippen molar-refractivity contribution >= 4 is 10.0 Å². The Labute approximate surface area is 144 Å². The lowest BCUT2D eigenvalue weighted by Gasteiger charge is -2.37. The molecule has 1 fully saturated rings. The molecule has 0 aromatic heterocycles. The minimum atomic E-state index is -3.55. The third-order valence-corrected chi connectivity index (χ3v) is 6.60. The Kier molecular flexibility index (Phi) is 4.76. The number of nitrogens with zero attached hydrogens (tertiary/aromatic N) is 1. The van der Waals surface area contributed by atoms with Crippen LogP contribution >= 0.6 is 0 Å². The van der Waals surface area contributed by atoms with Gasteiger partial charge in [0.05, 0.1) is 17.6 Å². The number of aryl methyl sites for hydroxylation is 2. The molecule has 1 aliphatic rings. The SMILES string of the molecule is Cc1ccc(S(=O)(=O)N2CC(c3ccccc3)OCC2C)c(C)c1. The van der Waals surface area contributed by atoms with Gasteiger partial charge in [-0.2, -0.15) is 4.31 Å². The van der Waals surface area contributed by atoms with Crippen LogP contribution in [-0.4, -0.2) is 31.9 Å². The van der Waals surface area contributed by atoms with Gasteiger partial charge >= 0.3 is 0 Å². The lowest BCUT2D eigenvalue weighted by atomic mass is 10.1. The van der Waals surface area contributed by atoms with Gasteiger partial charge in [0.1, 0.15) is 0 Å². The predicted molar refractivity (Wildman–Crippen MR) is 94.4 cm³/mol. The van der Waals surface area contributed by atoms with Crippen molar-refractivity contribution in [3.63, 3.8) is 0 Å². The smallest absolute Gasteiger partial charge is 0.243 e. The van der Waals surface area contributed by atoms with Crippen LogP contribution in [0.15, 0.2) is 53.4 Å². The minimum absolute atomic E-state index is 0.185. The fourth-order valence-corrected chi connectivity index (χ4v) is 4.98. The summed E-state index contributed by atoms with van der Waals surface area (Å²) in [4.78, 5) is 0.383. The van der Waals surface area contributed by atoms with E-state index in [9.17, 15) is 8.42 Å². The Hall–Kier alpha value is -1.69. The number of hydrogen-bond donors (Lipinski definition) is 0. The van der Waals surface area contributed by atoms with Crippen molar-refractivity contribution < 1.29 is 13.2 Å². The van der Waals surface area contributed by atoms with Gasteiger partial charge in [-0.1, -0.05) is 48.0 Å². The summed E-state index contributed by atoms with van der Waals surface area (Å²) in [7, 11) is -3.55. The van der Waals surface area contributed by atoms with Crippen LogP contribution in [0, 0.1) is 13.8 Å². The standard InChI is InChI=1S/C19H23NO3S/c1-14-9-10-19(15(2)11-14)24(21,22)20-12-18(23-13-16(20)3)17-7-5-4-6-8-17/h4-11,16,18H,12-13H2,1-3H3. The Morgan fingerprint density at radius 3 is 2.46 bits per heavy atom. The van der Waals surface area contributed by atoms with Gasteiger partial charge in [-0.15, -0.1) is 0 Å². The van der Waals surface area contributed by atoms with E-state index in [4.69, 9.17) is 4.74 Å². The van der Waals surface area contributed by atoms with E-state index in [0.29, 0.717) is 18.0 Å². The highest BCUT2D eigenvalue weighted by atomic mass is 32.2. The molecule has 2 aromatic carbocycles. The van der Waals surface area contributed by atoms with Crippen LogP contribution in [0.2, 0.25) is 0 Å². The van der Waals surface area contributed by atoms with Crippen molar-refractivity contribution in [1.82, 2.24) is 4.31 Å². The molecule has 0 bridgehead atoms. The quantitative estimate of drug-likeness (QED) is 0.856. The number of ether oxygens (including phenoxy) is 1. The first-order chi connectivity index (χ1) is 11.4. The van der Waals surface area contributed by atoms with Crippen molar-refractivity contribution in [3.8, 4) is 0 Å². The average molecular weight is 345 g/mol. The summed E-state index contributed by atoms with van der Waals surface area (Å²) in [5.41, 5.74) is 2.85. The van der Waals surface area contributed by atoms with Gasteiger partial charge in [-0.3, -0.25) is 0 Å². The lowest BCUT2D eigenvalue weighted by molar-refractivity contribution is -0.0288. The van der Waals surface area contributed by atoms with E-state index < -0.39 is 10.0 Å². The molecule has 0 aliphatic carbocycles. The Morgan fingerprint density at radius 2 is 1.79 bits per heavy atom. The second-order valence-electron chi connectivity index (χ2n) is 6.43. The van der Waals surface area contributed by atoms with E-state index in [0.717, 1.165) is 16.7 Å². The zero-order valence-electron chi connectivity index (χ0n) is 14.3. The largest absolute Gasteiger partial charge is 0.370 e. The van der Waals surface area contributed by atoms with Gasteiger partial charge in [-0.25, -0.2) is 8.42 Å². The molecule has 1 aliphatic heterocycles. The Balaban J connectivity index is 1.93. The maximum Gasteiger partial charge on any atom is 0.243 e. The molecule has 4 nitrogen and oxygen atoms in total. The van der Waals surface area contributed by atoms with E-state index in [1.54, 1.807) is 10.4 Å². The zero-order valence-corrected chi connectivity index (χ0v) is 15.1. The topological polar surface area (TPSA) is 46.6 Å². The second-order valence-corrected chi connectivity index (χ2v) is 8.28. The summed E-state index contributed by atoms with van der Waals surface area (Å²) in [5, 5.41) is 0. The molecule has 5 heteroatoms. The van der Waals surface area contributed by atoms with Gasteiger partial charge in [-0.05, 0) is 38.0 Å². The fraction of sp³-hybridized carbons (Fsp3) is 0.368. The molecule has 0 N–H and O–H groups in total. The molecular formula is C19H23NO3S. The van der Waals surface area contributed by atoms with Crippen molar-refractivity contribution in [2.45, 2.75) is 37.8 Å². The van der Waals surface area contributed by atoms with Crippen LogP contribution in [0.3, 0.4) is 0 Å². The number of rotatable bonds is 3. The lowest BCUT2D eigenvalue weighted by Crippen LogP contribution is -2.48. The molecule has 2 unspecified atom stereocenters. The molecule has 1 heterocycles. The predicted octanol–water partition coefficient (Wildman–Crippen LogP) is 3.45. The highest BCUT2D eigenvalue weighted by molar-refractivity contribution is 7.89. The van der Waals surface area contributed by atoms with Gasteiger partial charge < -0.3 is 4.74 Å². The van der Waals surface area contributed by atoms with Crippen LogP contribution in [0.4, 0.5) is 0 Å². The van der Waals surface area contributed by atoms with E-state index in [1.807, 2.05) is 63.2 Å². The summed E-state index contributed by atoms with van der Waals surface area (Å²) in [6.07, 6.45) is -0.233. The van der Waals surface area contributed by atoms with Crippen LogP contribution in [0.1, 0.15) is 29.7 Å². The average Bonchev–Trinajstić information content (AvgIpc) is 2.55. The van der Waals surface area contributed by atoms with Crippen LogP contribution in [0.5, 0.6) is 0 Å². The molecule has 2 atom stereocenters. The number of sulfonamides is 1. The second kappa shape index (κ2) is 6.67. The van der Waals surface area contributed by atoms with E-state index in [-0.39, 0.29) is 12.1 Å². The maximum atomic E-state index is 13.2. The van der Waals surface area contributed by atoms with Crippen LogP contribution < -0.4 is 0 Å². The van der Waals surface area contributed by atoms with Gasteiger partial charge in [0.2, 0.25) is 10.0 Å². The van der Waals surface area contributed by atoms with Gasteiger partial charge in [0, 0.05) is 12.6 Å². The van der Waals surface area contributed by atoms with Crippen molar-refractivity contribution in [2.75, 3.05) is 13.2 Å².